The van der Waals surface area contributed by atoms with Crippen LogP contribution >= 0.6 is 15.9 Å². The van der Waals surface area contributed by atoms with E-state index in [-0.39, 0.29) is 5.54 Å². The maximum absolute atomic E-state index is 5.83. The summed E-state index contributed by atoms with van der Waals surface area (Å²) in [5.74, 6) is 0. The van der Waals surface area contributed by atoms with Gasteiger partial charge in [-0.05, 0) is 29.8 Å². The first-order valence-corrected chi connectivity index (χ1v) is 4.25. The minimum absolute atomic E-state index is 0.185. The standard InChI is InChI=1S/C7H12BrN3/c1-7(2,9)3-6-5(8)4-10-11-6/h4H,3,9H2,1-2H3,(H,10,11). The van der Waals surface area contributed by atoms with Crippen LogP contribution in [0.3, 0.4) is 0 Å². The van der Waals surface area contributed by atoms with Crippen molar-refractivity contribution in [3.05, 3.63) is 16.4 Å². The number of nitrogens with zero attached hydrogens (tertiary/aromatic N) is 1. The van der Waals surface area contributed by atoms with Crippen LogP contribution in [-0.4, -0.2) is 15.7 Å². The molecule has 3 N–H and O–H groups in total. The fraction of sp³-hybridized carbons (Fsp3) is 0.571. The maximum Gasteiger partial charge on any atom is 0.0632 e. The Morgan fingerprint density at radius 3 is 2.73 bits per heavy atom. The zero-order valence-electron chi connectivity index (χ0n) is 6.69. The molecule has 0 bridgehead atoms. The first-order chi connectivity index (χ1) is 4.99. The van der Waals surface area contributed by atoms with E-state index in [1.165, 1.54) is 0 Å². The summed E-state index contributed by atoms with van der Waals surface area (Å²) >= 11 is 3.37. The Kier molecular flexibility index (Phi) is 2.34. The summed E-state index contributed by atoms with van der Waals surface area (Å²) in [6, 6.07) is 0. The van der Waals surface area contributed by atoms with E-state index in [1.54, 1.807) is 6.20 Å². The Labute approximate surface area is 74.5 Å². The molecule has 62 valence electrons. The maximum atomic E-state index is 5.83. The molecule has 0 fully saturated rings. The van der Waals surface area contributed by atoms with E-state index in [1.807, 2.05) is 13.8 Å². The van der Waals surface area contributed by atoms with Crippen LogP contribution in [0, 0.1) is 0 Å². The Hall–Kier alpha value is -0.350. The van der Waals surface area contributed by atoms with Gasteiger partial charge >= 0.3 is 0 Å². The highest BCUT2D eigenvalue weighted by Crippen LogP contribution is 2.16. The Morgan fingerprint density at radius 2 is 2.36 bits per heavy atom. The fourth-order valence-electron chi connectivity index (χ4n) is 0.878. The van der Waals surface area contributed by atoms with Crippen LogP contribution in [0.5, 0.6) is 0 Å². The van der Waals surface area contributed by atoms with Gasteiger partial charge in [-0.15, -0.1) is 0 Å². The third kappa shape index (κ3) is 2.63. The van der Waals surface area contributed by atoms with Gasteiger partial charge in [-0.25, -0.2) is 0 Å². The van der Waals surface area contributed by atoms with E-state index in [9.17, 15) is 0 Å². The van der Waals surface area contributed by atoms with Gasteiger partial charge in [0.2, 0.25) is 0 Å². The van der Waals surface area contributed by atoms with Crippen LogP contribution in [0.15, 0.2) is 10.7 Å². The third-order valence-corrected chi connectivity index (χ3v) is 1.98. The first kappa shape index (κ1) is 8.74. The SMILES string of the molecule is CC(C)(N)Cc1[nH]ncc1Br. The van der Waals surface area contributed by atoms with Gasteiger partial charge in [0, 0.05) is 12.0 Å². The minimum atomic E-state index is -0.185. The highest BCUT2D eigenvalue weighted by atomic mass is 79.9. The van der Waals surface area contributed by atoms with Gasteiger partial charge in [0.25, 0.3) is 0 Å². The topological polar surface area (TPSA) is 54.7 Å². The number of hydrogen-bond donors (Lipinski definition) is 2. The van der Waals surface area contributed by atoms with Gasteiger partial charge in [-0.2, -0.15) is 5.10 Å². The molecule has 0 amide bonds. The molecule has 0 aliphatic rings. The number of halogens is 1. The highest BCUT2D eigenvalue weighted by Gasteiger charge is 2.14. The molecule has 0 aliphatic carbocycles. The number of aromatic nitrogens is 2. The lowest BCUT2D eigenvalue weighted by atomic mass is 10.0. The van der Waals surface area contributed by atoms with Crippen LogP contribution < -0.4 is 5.73 Å². The minimum Gasteiger partial charge on any atom is -0.325 e. The van der Waals surface area contributed by atoms with Gasteiger partial charge in [-0.3, -0.25) is 5.10 Å². The van der Waals surface area contributed by atoms with Crippen molar-refractivity contribution in [1.29, 1.82) is 0 Å². The smallest absolute Gasteiger partial charge is 0.0632 e. The fourth-order valence-corrected chi connectivity index (χ4v) is 1.21. The molecule has 0 spiro atoms. The summed E-state index contributed by atoms with van der Waals surface area (Å²) in [5.41, 5.74) is 6.69. The Balaban J connectivity index is 2.72. The molecule has 1 aromatic rings. The van der Waals surface area contributed by atoms with E-state index in [2.05, 4.69) is 26.1 Å². The van der Waals surface area contributed by atoms with E-state index >= 15 is 0 Å². The molecule has 1 rings (SSSR count). The average molecular weight is 218 g/mol. The zero-order chi connectivity index (χ0) is 8.48. The number of aromatic amines is 1. The Bertz CT molecular complexity index is 236. The number of rotatable bonds is 2. The summed E-state index contributed by atoms with van der Waals surface area (Å²) in [6.07, 6.45) is 2.54. The number of hydrogen-bond acceptors (Lipinski definition) is 2. The monoisotopic (exact) mass is 217 g/mol. The molecule has 4 heteroatoms. The Morgan fingerprint density at radius 1 is 1.73 bits per heavy atom. The largest absolute Gasteiger partial charge is 0.325 e. The van der Waals surface area contributed by atoms with Crippen molar-refractivity contribution in [2.45, 2.75) is 25.8 Å². The summed E-state index contributed by atoms with van der Waals surface area (Å²) in [7, 11) is 0. The number of H-pyrrole nitrogens is 1. The summed E-state index contributed by atoms with van der Waals surface area (Å²) in [5, 5.41) is 6.76. The number of nitrogens with one attached hydrogen (secondary N) is 1. The van der Waals surface area contributed by atoms with Crippen molar-refractivity contribution >= 4 is 15.9 Å². The molecule has 3 nitrogen and oxygen atoms in total. The van der Waals surface area contributed by atoms with Crippen LogP contribution in [0.4, 0.5) is 0 Å². The van der Waals surface area contributed by atoms with Crippen molar-refractivity contribution < 1.29 is 0 Å². The number of nitrogens with two attached hydrogens (primary N) is 1. The lowest BCUT2D eigenvalue weighted by molar-refractivity contribution is 0.508. The highest BCUT2D eigenvalue weighted by molar-refractivity contribution is 9.10. The zero-order valence-corrected chi connectivity index (χ0v) is 8.27. The van der Waals surface area contributed by atoms with Crippen LogP contribution in [-0.2, 0) is 6.42 Å². The van der Waals surface area contributed by atoms with Crippen molar-refractivity contribution in [1.82, 2.24) is 10.2 Å². The van der Waals surface area contributed by atoms with Crippen molar-refractivity contribution in [2.24, 2.45) is 5.73 Å². The van der Waals surface area contributed by atoms with E-state index in [4.69, 9.17) is 5.73 Å². The van der Waals surface area contributed by atoms with Crippen LogP contribution in [0.2, 0.25) is 0 Å². The third-order valence-electron chi connectivity index (χ3n) is 1.30. The summed E-state index contributed by atoms with van der Waals surface area (Å²) in [4.78, 5) is 0. The van der Waals surface area contributed by atoms with Crippen LogP contribution in [0.25, 0.3) is 0 Å². The van der Waals surface area contributed by atoms with Gasteiger partial charge in [0.15, 0.2) is 0 Å². The van der Waals surface area contributed by atoms with Crippen molar-refractivity contribution in [3.63, 3.8) is 0 Å². The lowest BCUT2D eigenvalue weighted by Gasteiger charge is -2.16. The quantitative estimate of drug-likeness (QED) is 0.789. The van der Waals surface area contributed by atoms with Crippen LogP contribution in [0.1, 0.15) is 19.5 Å². The molecule has 1 aromatic heterocycles. The predicted octanol–water partition coefficient (Wildman–Crippen LogP) is 1.45. The van der Waals surface area contributed by atoms with E-state index in [0.29, 0.717) is 0 Å². The molecule has 0 aromatic carbocycles. The molecule has 0 saturated heterocycles. The average Bonchev–Trinajstić information content (AvgIpc) is 2.12. The van der Waals surface area contributed by atoms with Crippen molar-refractivity contribution in [2.75, 3.05) is 0 Å². The second kappa shape index (κ2) is 2.95. The molecular weight excluding hydrogens is 206 g/mol. The van der Waals surface area contributed by atoms with Gasteiger partial charge in [-0.1, -0.05) is 0 Å². The second-order valence-electron chi connectivity index (χ2n) is 3.36. The molecule has 0 unspecified atom stereocenters. The summed E-state index contributed by atoms with van der Waals surface area (Å²) < 4.78 is 0.996. The molecule has 0 atom stereocenters. The van der Waals surface area contributed by atoms with Gasteiger partial charge < -0.3 is 5.73 Å². The van der Waals surface area contributed by atoms with E-state index in [0.717, 1.165) is 16.6 Å². The molecule has 0 saturated carbocycles. The molecule has 1 heterocycles. The summed E-state index contributed by atoms with van der Waals surface area (Å²) in [6.45, 7) is 3.97. The second-order valence-corrected chi connectivity index (χ2v) is 4.22. The first-order valence-electron chi connectivity index (χ1n) is 3.46. The molecule has 0 aliphatic heterocycles. The lowest BCUT2D eigenvalue weighted by Crippen LogP contribution is -2.34. The predicted molar refractivity (Wildman–Crippen MR) is 48.3 cm³/mol. The normalized spacial score (nSPS) is 12.0. The van der Waals surface area contributed by atoms with Gasteiger partial charge in [0.05, 0.1) is 16.4 Å². The van der Waals surface area contributed by atoms with Crippen molar-refractivity contribution in [3.8, 4) is 0 Å². The molecular formula is C7H12BrN3. The van der Waals surface area contributed by atoms with Gasteiger partial charge in [0.1, 0.15) is 0 Å². The van der Waals surface area contributed by atoms with E-state index < -0.39 is 0 Å². The molecule has 0 radical (unpaired) electrons. The molecule has 11 heavy (non-hydrogen) atoms.